The lowest BCUT2D eigenvalue weighted by Crippen LogP contribution is -2.10. The number of halogens is 1. The second-order valence-corrected chi connectivity index (χ2v) is 4.66. The van der Waals surface area contributed by atoms with Crippen molar-refractivity contribution < 1.29 is 4.21 Å². The normalized spacial score (nSPS) is 12.8. The quantitative estimate of drug-likeness (QED) is 0.881. The molecule has 0 bridgehead atoms. The summed E-state index contributed by atoms with van der Waals surface area (Å²) in [7, 11) is -0.967. The molecule has 12 heavy (non-hydrogen) atoms. The highest BCUT2D eigenvalue weighted by Gasteiger charge is 2.05. The first-order valence-electron chi connectivity index (χ1n) is 3.58. The van der Waals surface area contributed by atoms with E-state index in [1.165, 1.54) is 0 Å². The van der Waals surface area contributed by atoms with Crippen LogP contribution >= 0.6 is 15.9 Å². The Morgan fingerprint density at radius 1 is 1.42 bits per heavy atom. The molecule has 0 spiro atoms. The topological polar surface area (TPSA) is 43.1 Å². The largest absolute Gasteiger partial charge is 0.330 e. The molecule has 1 aromatic rings. The molecule has 1 atom stereocenters. The molecule has 1 aromatic carbocycles. The average Bonchev–Trinajstić information content (AvgIpc) is 2.05. The molecule has 2 nitrogen and oxygen atoms in total. The molecule has 0 aliphatic carbocycles. The van der Waals surface area contributed by atoms with Crippen LogP contribution in [0, 0.1) is 0 Å². The summed E-state index contributed by atoms with van der Waals surface area (Å²) in [6.07, 6.45) is 0. The van der Waals surface area contributed by atoms with Crippen molar-refractivity contribution in [3.63, 3.8) is 0 Å². The fourth-order valence-electron chi connectivity index (χ4n) is 0.846. The van der Waals surface area contributed by atoms with E-state index in [0.29, 0.717) is 12.3 Å². The van der Waals surface area contributed by atoms with Gasteiger partial charge in [0.25, 0.3) is 0 Å². The van der Waals surface area contributed by atoms with Gasteiger partial charge in [-0.05, 0) is 28.1 Å². The molecular weight excluding hydrogens is 238 g/mol. The first-order valence-corrected chi connectivity index (χ1v) is 5.70. The summed E-state index contributed by atoms with van der Waals surface area (Å²) in [5, 5.41) is 0. The second kappa shape index (κ2) is 4.74. The smallest absolute Gasteiger partial charge is 0.0553 e. The first kappa shape index (κ1) is 9.89. The molecule has 66 valence electrons. The van der Waals surface area contributed by atoms with Crippen molar-refractivity contribution >= 4 is 26.7 Å². The van der Waals surface area contributed by atoms with Crippen LogP contribution in [-0.2, 0) is 10.8 Å². The van der Waals surface area contributed by atoms with Gasteiger partial charge < -0.3 is 5.73 Å². The maximum Gasteiger partial charge on any atom is 0.0553 e. The van der Waals surface area contributed by atoms with Crippen molar-refractivity contribution in [1.29, 1.82) is 0 Å². The lowest BCUT2D eigenvalue weighted by atomic mass is 10.4. The van der Waals surface area contributed by atoms with Gasteiger partial charge in [-0.2, -0.15) is 0 Å². The molecule has 0 radical (unpaired) electrons. The summed E-state index contributed by atoms with van der Waals surface area (Å²) in [6, 6.07) is 7.49. The SMILES string of the molecule is NCCS(=O)c1ccccc1Br. The minimum atomic E-state index is -0.967. The molecule has 0 amide bonds. The molecule has 0 saturated carbocycles. The Bertz CT molecular complexity index is 290. The van der Waals surface area contributed by atoms with Crippen molar-refractivity contribution in [3.8, 4) is 0 Å². The Morgan fingerprint density at radius 3 is 2.67 bits per heavy atom. The molecule has 2 N–H and O–H groups in total. The Balaban J connectivity index is 2.87. The summed E-state index contributed by atoms with van der Waals surface area (Å²) >= 11 is 3.33. The van der Waals surface area contributed by atoms with E-state index in [1.54, 1.807) is 0 Å². The van der Waals surface area contributed by atoms with Gasteiger partial charge in [-0.1, -0.05) is 12.1 Å². The van der Waals surface area contributed by atoms with Crippen LogP contribution in [0.3, 0.4) is 0 Å². The summed E-state index contributed by atoms with van der Waals surface area (Å²) < 4.78 is 12.4. The maximum absolute atomic E-state index is 11.5. The molecule has 0 fully saturated rings. The van der Waals surface area contributed by atoms with E-state index in [2.05, 4.69) is 15.9 Å². The van der Waals surface area contributed by atoms with Crippen molar-refractivity contribution in [1.82, 2.24) is 0 Å². The highest BCUT2D eigenvalue weighted by Crippen LogP contribution is 2.19. The molecular formula is C8H10BrNOS. The minimum absolute atomic E-state index is 0.452. The predicted molar refractivity (Wildman–Crippen MR) is 54.5 cm³/mol. The molecule has 1 unspecified atom stereocenters. The molecule has 4 heteroatoms. The third-order valence-corrected chi connectivity index (χ3v) is 3.79. The molecule has 0 aliphatic rings. The van der Waals surface area contributed by atoms with Gasteiger partial charge in [0.1, 0.15) is 0 Å². The van der Waals surface area contributed by atoms with E-state index in [1.807, 2.05) is 24.3 Å². The summed E-state index contributed by atoms with van der Waals surface area (Å²) in [4.78, 5) is 0.822. The second-order valence-electron chi connectivity index (χ2n) is 2.27. The lowest BCUT2D eigenvalue weighted by Gasteiger charge is -2.01. The van der Waals surface area contributed by atoms with E-state index in [4.69, 9.17) is 5.73 Å². The zero-order valence-electron chi connectivity index (χ0n) is 6.50. The summed E-state index contributed by atoms with van der Waals surface area (Å²) in [6.45, 7) is 0.452. The van der Waals surface area contributed by atoms with Gasteiger partial charge in [0, 0.05) is 16.8 Å². The number of nitrogens with two attached hydrogens (primary N) is 1. The summed E-state index contributed by atoms with van der Waals surface area (Å²) in [5.41, 5.74) is 5.31. The maximum atomic E-state index is 11.5. The van der Waals surface area contributed by atoms with Gasteiger partial charge in [-0.3, -0.25) is 4.21 Å². The Hall–Kier alpha value is -0.190. The van der Waals surface area contributed by atoms with Crippen LogP contribution in [0.25, 0.3) is 0 Å². The van der Waals surface area contributed by atoms with Gasteiger partial charge in [0.15, 0.2) is 0 Å². The van der Waals surface area contributed by atoms with E-state index in [0.717, 1.165) is 9.37 Å². The van der Waals surface area contributed by atoms with Crippen molar-refractivity contribution in [2.45, 2.75) is 4.90 Å². The fourth-order valence-corrected chi connectivity index (χ4v) is 2.62. The van der Waals surface area contributed by atoms with Crippen LogP contribution in [0.1, 0.15) is 0 Å². The minimum Gasteiger partial charge on any atom is -0.330 e. The monoisotopic (exact) mass is 247 g/mol. The van der Waals surface area contributed by atoms with E-state index in [9.17, 15) is 4.21 Å². The van der Waals surface area contributed by atoms with E-state index < -0.39 is 10.8 Å². The van der Waals surface area contributed by atoms with E-state index in [-0.39, 0.29) is 0 Å². The Morgan fingerprint density at radius 2 is 2.08 bits per heavy atom. The number of hydrogen-bond donors (Lipinski definition) is 1. The van der Waals surface area contributed by atoms with Crippen LogP contribution in [-0.4, -0.2) is 16.5 Å². The fraction of sp³-hybridized carbons (Fsp3) is 0.250. The highest BCUT2D eigenvalue weighted by atomic mass is 79.9. The third kappa shape index (κ3) is 2.40. The van der Waals surface area contributed by atoms with Crippen molar-refractivity contribution in [2.75, 3.05) is 12.3 Å². The predicted octanol–water partition coefficient (Wildman–Crippen LogP) is 1.52. The highest BCUT2D eigenvalue weighted by molar-refractivity contribution is 9.10. The zero-order chi connectivity index (χ0) is 8.97. The van der Waals surface area contributed by atoms with Gasteiger partial charge in [0.05, 0.1) is 15.7 Å². The standard InChI is InChI=1S/C8H10BrNOS/c9-7-3-1-2-4-8(7)12(11)6-5-10/h1-4H,5-6,10H2. The van der Waals surface area contributed by atoms with Gasteiger partial charge in [-0.25, -0.2) is 0 Å². The number of hydrogen-bond acceptors (Lipinski definition) is 2. The molecule has 0 heterocycles. The zero-order valence-corrected chi connectivity index (χ0v) is 8.90. The number of rotatable bonds is 3. The van der Waals surface area contributed by atoms with Crippen LogP contribution in [0.2, 0.25) is 0 Å². The lowest BCUT2D eigenvalue weighted by molar-refractivity contribution is 0.682. The average molecular weight is 248 g/mol. The number of benzene rings is 1. The van der Waals surface area contributed by atoms with E-state index >= 15 is 0 Å². The van der Waals surface area contributed by atoms with Crippen LogP contribution in [0.5, 0.6) is 0 Å². The molecule has 1 rings (SSSR count). The first-order chi connectivity index (χ1) is 5.75. The van der Waals surface area contributed by atoms with Gasteiger partial charge in [-0.15, -0.1) is 0 Å². The third-order valence-electron chi connectivity index (χ3n) is 1.39. The van der Waals surface area contributed by atoms with Crippen LogP contribution < -0.4 is 5.73 Å². The van der Waals surface area contributed by atoms with Crippen molar-refractivity contribution in [2.24, 2.45) is 5.73 Å². The Labute approximate surface area is 82.7 Å². The molecule has 0 aromatic heterocycles. The molecule has 0 aliphatic heterocycles. The summed E-state index contributed by atoms with van der Waals surface area (Å²) in [5.74, 6) is 0.516. The van der Waals surface area contributed by atoms with Gasteiger partial charge >= 0.3 is 0 Å². The van der Waals surface area contributed by atoms with Crippen LogP contribution in [0.4, 0.5) is 0 Å². The molecule has 0 saturated heterocycles. The van der Waals surface area contributed by atoms with Crippen molar-refractivity contribution in [3.05, 3.63) is 28.7 Å². The van der Waals surface area contributed by atoms with Crippen LogP contribution in [0.15, 0.2) is 33.6 Å². The van der Waals surface area contributed by atoms with Gasteiger partial charge in [0.2, 0.25) is 0 Å². The Kier molecular flexibility index (Phi) is 3.91.